The third kappa shape index (κ3) is 4.40. The van der Waals surface area contributed by atoms with E-state index in [0.29, 0.717) is 11.3 Å². The second-order valence-corrected chi connectivity index (χ2v) is 7.53. The van der Waals surface area contributed by atoms with Crippen molar-refractivity contribution in [1.82, 2.24) is 9.97 Å². The molecule has 2 rings (SSSR count). The van der Waals surface area contributed by atoms with Crippen molar-refractivity contribution in [2.24, 2.45) is 0 Å². The fraction of sp³-hybridized carbons (Fsp3) is 0.533. The van der Waals surface area contributed by atoms with Gasteiger partial charge in [0.15, 0.2) is 5.12 Å². The zero-order chi connectivity index (χ0) is 17.3. The highest BCUT2D eigenvalue weighted by Crippen LogP contribution is 2.39. The van der Waals surface area contributed by atoms with Crippen LogP contribution in [-0.4, -0.2) is 39.2 Å². The first-order valence-electron chi connectivity index (χ1n) is 7.28. The molecule has 23 heavy (non-hydrogen) atoms. The first-order valence-corrected chi connectivity index (χ1v) is 8.26. The molecule has 1 aromatic rings. The summed E-state index contributed by atoms with van der Waals surface area (Å²) in [4.78, 5) is 18.4. The van der Waals surface area contributed by atoms with E-state index in [2.05, 4.69) is 9.97 Å². The zero-order valence-corrected chi connectivity index (χ0v) is 14.7. The molecular formula is C15H20BFN2O3S. The van der Waals surface area contributed by atoms with Crippen LogP contribution in [0, 0.1) is 6.08 Å². The fourth-order valence-corrected chi connectivity index (χ4v) is 2.56. The Hall–Kier alpha value is -1.25. The predicted molar refractivity (Wildman–Crippen MR) is 89.2 cm³/mol. The van der Waals surface area contributed by atoms with Gasteiger partial charge in [-0.05, 0) is 33.2 Å². The largest absolute Gasteiger partial charge is 0.491 e. The number of aromatic nitrogens is 2. The van der Waals surface area contributed by atoms with E-state index in [1.54, 1.807) is 6.08 Å². The van der Waals surface area contributed by atoms with Crippen LogP contribution in [0.15, 0.2) is 17.9 Å². The molecule has 1 fully saturated rings. The molecule has 0 aromatic carbocycles. The van der Waals surface area contributed by atoms with E-state index in [-0.39, 0.29) is 5.12 Å². The van der Waals surface area contributed by atoms with Gasteiger partial charge < -0.3 is 9.31 Å². The standard InChI is InChI=1S/C15H20BFN2O3S/c1-10(20)23-9-12(6-11-7-18-13(17)19-8-11)16-21-14(2,3)15(4,5)22-16/h6-8H,9H2,1-5H3. The Bertz CT molecular complexity index is 604. The van der Waals surface area contributed by atoms with Crippen LogP contribution in [0.5, 0.6) is 0 Å². The minimum absolute atomic E-state index is 0.00257. The smallest absolute Gasteiger partial charge is 0.400 e. The van der Waals surface area contributed by atoms with Gasteiger partial charge in [0.1, 0.15) is 0 Å². The molecule has 0 aliphatic carbocycles. The first-order chi connectivity index (χ1) is 10.6. The summed E-state index contributed by atoms with van der Waals surface area (Å²) in [6.07, 6.45) is 3.76. The van der Waals surface area contributed by atoms with Crippen LogP contribution >= 0.6 is 11.8 Å². The van der Waals surface area contributed by atoms with Crippen molar-refractivity contribution < 1.29 is 18.5 Å². The van der Waals surface area contributed by atoms with Crippen molar-refractivity contribution in [2.45, 2.75) is 45.8 Å². The molecule has 1 saturated heterocycles. The molecule has 8 heteroatoms. The normalized spacial score (nSPS) is 19.9. The van der Waals surface area contributed by atoms with Gasteiger partial charge in [-0.2, -0.15) is 4.39 Å². The lowest BCUT2D eigenvalue weighted by Gasteiger charge is -2.32. The van der Waals surface area contributed by atoms with Crippen molar-refractivity contribution >= 4 is 30.1 Å². The Balaban J connectivity index is 2.28. The van der Waals surface area contributed by atoms with Gasteiger partial charge in [-0.15, -0.1) is 0 Å². The maximum atomic E-state index is 12.8. The summed E-state index contributed by atoms with van der Waals surface area (Å²) in [6, 6.07) is 0. The maximum absolute atomic E-state index is 12.8. The molecule has 1 aliphatic heterocycles. The van der Waals surface area contributed by atoms with E-state index >= 15 is 0 Å². The number of hydrogen-bond donors (Lipinski definition) is 0. The van der Waals surface area contributed by atoms with Gasteiger partial charge in [0.25, 0.3) is 0 Å². The quantitative estimate of drug-likeness (QED) is 0.621. The van der Waals surface area contributed by atoms with Crippen LogP contribution in [0.4, 0.5) is 4.39 Å². The van der Waals surface area contributed by atoms with Crippen molar-refractivity contribution in [2.75, 3.05) is 5.75 Å². The highest BCUT2D eigenvalue weighted by atomic mass is 32.2. The number of halogens is 1. The highest BCUT2D eigenvalue weighted by Gasteiger charge is 2.52. The van der Waals surface area contributed by atoms with Crippen LogP contribution in [0.1, 0.15) is 40.2 Å². The van der Waals surface area contributed by atoms with Crippen LogP contribution < -0.4 is 0 Å². The van der Waals surface area contributed by atoms with Crippen molar-refractivity contribution in [1.29, 1.82) is 0 Å². The van der Waals surface area contributed by atoms with E-state index in [0.717, 1.165) is 5.47 Å². The maximum Gasteiger partial charge on any atom is 0.491 e. The SMILES string of the molecule is CC(=O)SCC(=Cc1cnc(F)nc1)B1OC(C)(C)C(C)(C)O1. The first kappa shape index (κ1) is 18.1. The molecular weight excluding hydrogens is 318 g/mol. The number of carbonyl (C=O) groups excluding carboxylic acids is 1. The summed E-state index contributed by atoms with van der Waals surface area (Å²) in [5.74, 6) is 0.420. The molecule has 1 aliphatic rings. The molecule has 5 nitrogen and oxygen atoms in total. The summed E-state index contributed by atoms with van der Waals surface area (Å²) in [7, 11) is -0.572. The molecule has 2 heterocycles. The van der Waals surface area contributed by atoms with Gasteiger partial charge in [-0.3, -0.25) is 4.79 Å². The highest BCUT2D eigenvalue weighted by molar-refractivity contribution is 8.13. The van der Waals surface area contributed by atoms with Crippen molar-refractivity contribution in [3.8, 4) is 0 Å². The van der Waals surface area contributed by atoms with Crippen LogP contribution in [0.2, 0.25) is 0 Å². The van der Waals surface area contributed by atoms with Gasteiger partial charge in [0.2, 0.25) is 0 Å². The van der Waals surface area contributed by atoms with E-state index in [1.807, 2.05) is 27.7 Å². The molecule has 0 bridgehead atoms. The van der Waals surface area contributed by atoms with Gasteiger partial charge in [0, 0.05) is 30.6 Å². The van der Waals surface area contributed by atoms with Crippen LogP contribution in [-0.2, 0) is 14.1 Å². The number of nitrogens with zero attached hydrogens (tertiary/aromatic N) is 2. The van der Waals surface area contributed by atoms with Crippen LogP contribution in [0.3, 0.4) is 0 Å². The molecule has 0 N–H and O–H groups in total. The second-order valence-electron chi connectivity index (χ2n) is 6.37. The van der Waals surface area contributed by atoms with Gasteiger partial charge in [0.05, 0.1) is 11.2 Å². The lowest BCUT2D eigenvalue weighted by molar-refractivity contribution is -0.109. The lowest BCUT2D eigenvalue weighted by atomic mass is 9.78. The molecule has 0 atom stereocenters. The van der Waals surface area contributed by atoms with E-state index in [1.165, 1.54) is 31.1 Å². The van der Waals surface area contributed by atoms with Gasteiger partial charge in [-0.25, -0.2) is 9.97 Å². The summed E-state index contributed by atoms with van der Waals surface area (Å²) < 4.78 is 24.9. The second kappa shape index (κ2) is 6.71. The van der Waals surface area contributed by atoms with Crippen LogP contribution in [0.25, 0.3) is 6.08 Å². The molecule has 0 spiro atoms. The molecule has 0 amide bonds. The van der Waals surface area contributed by atoms with E-state index < -0.39 is 24.4 Å². The number of hydrogen-bond acceptors (Lipinski definition) is 6. The molecule has 0 radical (unpaired) electrons. The Morgan fingerprint density at radius 3 is 2.26 bits per heavy atom. The van der Waals surface area contributed by atoms with Crippen molar-refractivity contribution in [3.05, 3.63) is 29.5 Å². The van der Waals surface area contributed by atoms with E-state index in [9.17, 15) is 9.18 Å². The molecule has 0 unspecified atom stereocenters. The molecule has 0 saturated carbocycles. The fourth-order valence-electron chi connectivity index (χ4n) is 1.97. The Morgan fingerprint density at radius 1 is 1.26 bits per heavy atom. The number of carbonyl (C=O) groups is 1. The van der Waals surface area contributed by atoms with E-state index in [4.69, 9.17) is 9.31 Å². The third-order valence-corrected chi connectivity index (χ3v) is 4.87. The summed E-state index contributed by atoms with van der Waals surface area (Å²) in [5, 5.41) is 0.00257. The molecule has 124 valence electrons. The number of rotatable bonds is 4. The Morgan fingerprint density at radius 2 is 1.78 bits per heavy atom. The minimum atomic E-state index is -0.780. The summed E-state index contributed by atoms with van der Waals surface area (Å²) in [6.45, 7) is 9.36. The zero-order valence-electron chi connectivity index (χ0n) is 13.9. The summed E-state index contributed by atoms with van der Waals surface area (Å²) >= 11 is 1.17. The Kier molecular flexibility index (Phi) is 5.28. The van der Waals surface area contributed by atoms with Gasteiger partial charge >= 0.3 is 13.2 Å². The lowest BCUT2D eigenvalue weighted by Crippen LogP contribution is -2.41. The molecule has 1 aromatic heterocycles. The third-order valence-electron chi connectivity index (χ3n) is 3.99. The monoisotopic (exact) mass is 338 g/mol. The average Bonchev–Trinajstić information content (AvgIpc) is 2.65. The van der Waals surface area contributed by atoms with Gasteiger partial charge in [-0.1, -0.05) is 17.8 Å². The number of thioether (sulfide) groups is 1. The summed E-state index contributed by atoms with van der Waals surface area (Å²) in [5.41, 5.74) is 0.452. The minimum Gasteiger partial charge on any atom is -0.400 e. The topological polar surface area (TPSA) is 61.3 Å². The average molecular weight is 338 g/mol. The Labute approximate surface area is 140 Å². The van der Waals surface area contributed by atoms with Crippen molar-refractivity contribution in [3.63, 3.8) is 0 Å². The predicted octanol–water partition coefficient (Wildman–Crippen LogP) is 2.91.